The average molecular weight is 373 g/mol. The van der Waals surface area contributed by atoms with Crippen molar-refractivity contribution in [3.63, 3.8) is 0 Å². The summed E-state index contributed by atoms with van der Waals surface area (Å²) in [5.74, 6) is 0.943. The summed E-state index contributed by atoms with van der Waals surface area (Å²) >= 11 is 0. The second-order valence-corrected chi connectivity index (χ2v) is 6.24. The number of aliphatic hydroxyl groups is 2. The van der Waals surface area contributed by atoms with E-state index >= 15 is 0 Å². The first-order chi connectivity index (χ1) is 13.0. The molecule has 2 aromatic carbocycles. The number of ketones is 1. The minimum absolute atomic E-state index is 0.0587. The normalized spacial score (nSPS) is 13.0. The fraction of sp³-hybridized carbons (Fsp3) is 0.381. The van der Waals surface area contributed by atoms with Crippen LogP contribution in [0.2, 0.25) is 0 Å². The van der Waals surface area contributed by atoms with E-state index in [-0.39, 0.29) is 31.5 Å². The molecule has 2 atom stereocenters. The molecule has 0 aliphatic carbocycles. The van der Waals surface area contributed by atoms with E-state index in [0.717, 1.165) is 5.56 Å². The largest absolute Gasteiger partial charge is 0.497 e. The smallest absolute Gasteiger partial charge is 0.164 e. The molecule has 6 nitrogen and oxygen atoms in total. The standard InChI is InChI=1S/C21H27NO5/c1-15(21(25)16-6-4-3-5-7-16)22-9-8-20(24)17-12-18(26-2)14-19(13-17)27-11-10-23/h3-7,12-15,21-23,25H,8-11H2,1-2H3. The van der Waals surface area contributed by atoms with Crippen molar-refractivity contribution in [2.45, 2.75) is 25.5 Å². The van der Waals surface area contributed by atoms with E-state index in [0.29, 0.717) is 23.6 Å². The van der Waals surface area contributed by atoms with Crippen LogP contribution in [0.5, 0.6) is 11.5 Å². The Hall–Kier alpha value is -2.41. The summed E-state index contributed by atoms with van der Waals surface area (Å²) in [5.41, 5.74) is 1.32. The first kappa shape index (κ1) is 20.9. The second-order valence-electron chi connectivity index (χ2n) is 6.24. The Morgan fingerprint density at radius 1 is 1.15 bits per heavy atom. The predicted octanol–water partition coefficient (Wildman–Crippen LogP) is 2.35. The van der Waals surface area contributed by atoms with Crippen molar-refractivity contribution >= 4 is 5.78 Å². The lowest BCUT2D eigenvalue weighted by Crippen LogP contribution is -2.33. The Labute approximate surface area is 159 Å². The van der Waals surface area contributed by atoms with Crippen molar-refractivity contribution in [1.29, 1.82) is 0 Å². The third kappa shape index (κ3) is 6.36. The van der Waals surface area contributed by atoms with E-state index < -0.39 is 6.10 Å². The third-order valence-electron chi connectivity index (χ3n) is 4.23. The molecule has 0 heterocycles. The summed E-state index contributed by atoms with van der Waals surface area (Å²) in [4.78, 5) is 12.5. The van der Waals surface area contributed by atoms with Crippen LogP contribution in [-0.4, -0.2) is 48.9 Å². The molecule has 0 saturated heterocycles. The zero-order valence-corrected chi connectivity index (χ0v) is 15.7. The van der Waals surface area contributed by atoms with Gasteiger partial charge in [0, 0.05) is 30.6 Å². The number of carbonyl (C=O) groups excluding carboxylic acids is 1. The van der Waals surface area contributed by atoms with Gasteiger partial charge < -0.3 is 25.0 Å². The van der Waals surface area contributed by atoms with E-state index in [2.05, 4.69) is 5.32 Å². The van der Waals surface area contributed by atoms with Gasteiger partial charge >= 0.3 is 0 Å². The minimum atomic E-state index is -0.642. The van der Waals surface area contributed by atoms with Crippen LogP contribution in [0.25, 0.3) is 0 Å². The number of Topliss-reactive ketones (excluding diaryl/α,β-unsaturated/α-hetero) is 1. The Kier molecular flexibility index (Phi) is 8.26. The first-order valence-electron chi connectivity index (χ1n) is 8.97. The summed E-state index contributed by atoms with van der Waals surface area (Å²) in [7, 11) is 1.52. The summed E-state index contributed by atoms with van der Waals surface area (Å²) in [5, 5.41) is 22.4. The van der Waals surface area contributed by atoms with Crippen LogP contribution in [0.4, 0.5) is 0 Å². The van der Waals surface area contributed by atoms with Crippen LogP contribution >= 0.6 is 0 Å². The molecule has 27 heavy (non-hydrogen) atoms. The molecule has 0 aliphatic rings. The predicted molar refractivity (Wildman–Crippen MR) is 103 cm³/mol. The molecule has 0 spiro atoms. The molecule has 3 N–H and O–H groups in total. The van der Waals surface area contributed by atoms with Crippen LogP contribution in [0.15, 0.2) is 48.5 Å². The second kappa shape index (κ2) is 10.7. The Bertz CT molecular complexity index is 720. The highest BCUT2D eigenvalue weighted by Gasteiger charge is 2.16. The van der Waals surface area contributed by atoms with Gasteiger partial charge in [0.25, 0.3) is 0 Å². The number of aliphatic hydroxyl groups excluding tert-OH is 2. The molecule has 0 amide bonds. The molecule has 6 heteroatoms. The number of nitrogens with one attached hydrogen (secondary N) is 1. The third-order valence-corrected chi connectivity index (χ3v) is 4.23. The van der Waals surface area contributed by atoms with Crippen LogP contribution in [0.3, 0.4) is 0 Å². The maximum absolute atomic E-state index is 12.5. The van der Waals surface area contributed by atoms with Crippen molar-refractivity contribution in [1.82, 2.24) is 5.32 Å². The van der Waals surface area contributed by atoms with Gasteiger partial charge in [-0.3, -0.25) is 4.79 Å². The topological polar surface area (TPSA) is 88.0 Å². The van der Waals surface area contributed by atoms with Gasteiger partial charge in [0.15, 0.2) is 5.78 Å². The van der Waals surface area contributed by atoms with Gasteiger partial charge in [-0.15, -0.1) is 0 Å². The van der Waals surface area contributed by atoms with E-state index in [9.17, 15) is 9.90 Å². The molecule has 0 fully saturated rings. The maximum atomic E-state index is 12.5. The number of carbonyl (C=O) groups is 1. The lowest BCUT2D eigenvalue weighted by atomic mass is 10.0. The number of rotatable bonds is 11. The van der Waals surface area contributed by atoms with Crippen LogP contribution in [-0.2, 0) is 0 Å². The molecule has 2 aromatic rings. The van der Waals surface area contributed by atoms with Crippen LogP contribution in [0, 0.1) is 0 Å². The number of benzene rings is 2. The van der Waals surface area contributed by atoms with Crippen molar-refractivity contribution in [3.05, 3.63) is 59.7 Å². The summed E-state index contributed by atoms with van der Waals surface area (Å²) in [6.07, 6.45) is -0.366. The molecule has 0 saturated carbocycles. The van der Waals surface area contributed by atoms with Gasteiger partial charge in [0.1, 0.15) is 18.1 Å². The average Bonchev–Trinajstić information content (AvgIpc) is 2.71. The summed E-state index contributed by atoms with van der Waals surface area (Å²) < 4.78 is 10.6. The highest BCUT2D eigenvalue weighted by Crippen LogP contribution is 2.24. The van der Waals surface area contributed by atoms with E-state index in [1.165, 1.54) is 7.11 Å². The van der Waals surface area contributed by atoms with E-state index in [4.69, 9.17) is 14.6 Å². The highest BCUT2D eigenvalue weighted by atomic mass is 16.5. The maximum Gasteiger partial charge on any atom is 0.164 e. The van der Waals surface area contributed by atoms with Gasteiger partial charge in [0.05, 0.1) is 19.8 Å². The monoisotopic (exact) mass is 373 g/mol. The van der Waals surface area contributed by atoms with Gasteiger partial charge in [0.2, 0.25) is 0 Å². The SMILES string of the molecule is COc1cc(OCCO)cc(C(=O)CCNC(C)C(O)c2ccccc2)c1. The molecule has 0 aliphatic heterocycles. The Balaban J connectivity index is 1.91. The quantitative estimate of drug-likeness (QED) is 0.524. The molecule has 2 rings (SSSR count). The zero-order valence-electron chi connectivity index (χ0n) is 15.7. The highest BCUT2D eigenvalue weighted by molar-refractivity contribution is 5.97. The van der Waals surface area contributed by atoms with Crippen molar-refractivity contribution < 1.29 is 24.5 Å². The molecule has 0 aromatic heterocycles. The summed E-state index contributed by atoms with van der Waals surface area (Å²) in [6.45, 7) is 2.37. The van der Waals surface area contributed by atoms with Gasteiger partial charge in [-0.1, -0.05) is 30.3 Å². The van der Waals surface area contributed by atoms with Gasteiger partial charge in [-0.2, -0.15) is 0 Å². The molecule has 146 valence electrons. The number of methoxy groups -OCH3 is 1. The molecule has 0 radical (unpaired) electrons. The minimum Gasteiger partial charge on any atom is -0.497 e. The van der Waals surface area contributed by atoms with Crippen LogP contribution < -0.4 is 14.8 Å². The number of ether oxygens (including phenoxy) is 2. The van der Waals surface area contributed by atoms with Crippen molar-refractivity contribution in [2.24, 2.45) is 0 Å². The van der Waals surface area contributed by atoms with Crippen molar-refractivity contribution in [2.75, 3.05) is 26.9 Å². The molecular formula is C21H27NO5. The molecule has 2 unspecified atom stereocenters. The molecule has 0 bridgehead atoms. The van der Waals surface area contributed by atoms with Crippen molar-refractivity contribution in [3.8, 4) is 11.5 Å². The fourth-order valence-electron chi connectivity index (χ4n) is 2.71. The van der Waals surface area contributed by atoms with Crippen LogP contribution in [0.1, 0.15) is 35.4 Å². The fourth-order valence-corrected chi connectivity index (χ4v) is 2.71. The summed E-state index contributed by atoms with van der Waals surface area (Å²) in [6, 6.07) is 14.2. The van der Waals surface area contributed by atoms with Gasteiger partial charge in [-0.05, 0) is 24.6 Å². The lowest BCUT2D eigenvalue weighted by molar-refractivity contribution is 0.0971. The lowest BCUT2D eigenvalue weighted by Gasteiger charge is -2.20. The Morgan fingerprint density at radius 3 is 2.52 bits per heavy atom. The van der Waals surface area contributed by atoms with E-state index in [1.807, 2.05) is 37.3 Å². The van der Waals surface area contributed by atoms with E-state index in [1.54, 1.807) is 18.2 Å². The number of hydrogen-bond donors (Lipinski definition) is 3. The zero-order chi connectivity index (χ0) is 19.6. The number of hydrogen-bond acceptors (Lipinski definition) is 6. The first-order valence-corrected chi connectivity index (χ1v) is 8.97. The molecular weight excluding hydrogens is 346 g/mol. The Morgan fingerprint density at radius 2 is 1.85 bits per heavy atom. The van der Waals surface area contributed by atoms with Gasteiger partial charge in [-0.25, -0.2) is 0 Å².